The third kappa shape index (κ3) is 6.77. The first-order chi connectivity index (χ1) is 7.61. The lowest BCUT2D eigenvalue weighted by Gasteiger charge is -1.94. The predicted octanol–water partition coefficient (Wildman–Crippen LogP) is 4.16. The summed E-state index contributed by atoms with van der Waals surface area (Å²) >= 11 is 0. The Hall–Kier alpha value is -1.63. The second-order valence-electron chi connectivity index (χ2n) is 3.52. The zero-order valence-corrected chi connectivity index (χ0v) is 10.4. The van der Waals surface area contributed by atoms with Gasteiger partial charge in [0.1, 0.15) is 0 Å². The second kappa shape index (κ2) is 8.66. The van der Waals surface area contributed by atoms with E-state index in [1.807, 2.05) is 51.2 Å². The molecule has 0 aromatic rings. The highest BCUT2D eigenvalue weighted by Gasteiger charge is 1.97. The van der Waals surface area contributed by atoms with Crippen molar-refractivity contribution in [2.75, 3.05) is 0 Å². The molecule has 0 bridgehead atoms. The summed E-state index contributed by atoms with van der Waals surface area (Å²) in [7, 11) is 0. The Bertz CT molecular complexity index is 352. The van der Waals surface area contributed by atoms with Crippen LogP contribution in [0.2, 0.25) is 0 Å². The first kappa shape index (κ1) is 14.4. The van der Waals surface area contributed by atoms with Crippen LogP contribution in [0.15, 0.2) is 60.3 Å². The third-order valence-electron chi connectivity index (χ3n) is 2.17. The minimum absolute atomic E-state index is 0.0632. The van der Waals surface area contributed by atoms with Gasteiger partial charge in [0.15, 0.2) is 5.78 Å². The Morgan fingerprint density at radius 2 is 1.94 bits per heavy atom. The van der Waals surface area contributed by atoms with Gasteiger partial charge in [-0.2, -0.15) is 0 Å². The van der Waals surface area contributed by atoms with E-state index in [1.54, 1.807) is 12.2 Å². The van der Waals surface area contributed by atoms with Gasteiger partial charge in [-0.1, -0.05) is 48.6 Å². The molecule has 0 rings (SSSR count). The SMILES string of the molecule is C=CC=CC/C=C(\C)C(=O)/C=C/C(C)=C/C. The van der Waals surface area contributed by atoms with E-state index in [1.165, 1.54) is 0 Å². The smallest absolute Gasteiger partial charge is 0.181 e. The van der Waals surface area contributed by atoms with Gasteiger partial charge in [0.25, 0.3) is 0 Å². The van der Waals surface area contributed by atoms with E-state index in [-0.39, 0.29) is 5.78 Å². The lowest BCUT2D eigenvalue weighted by molar-refractivity contribution is -0.111. The number of allylic oxidation sites excluding steroid dienone is 9. The lowest BCUT2D eigenvalue weighted by atomic mass is 10.1. The molecule has 0 saturated carbocycles. The molecule has 0 spiro atoms. The molecule has 0 unspecified atom stereocenters. The van der Waals surface area contributed by atoms with Crippen LogP contribution in [0.5, 0.6) is 0 Å². The fourth-order valence-corrected chi connectivity index (χ4v) is 0.955. The van der Waals surface area contributed by atoms with Crippen LogP contribution in [0.3, 0.4) is 0 Å². The van der Waals surface area contributed by atoms with Crippen LogP contribution in [0.25, 0.3) is 0 Å². The summed E-state index contributed by atoms with van der Waals surface area (Å²) in [5, 5.41) is 0. The Morgan fingerprint density at radius 3 is 2.50 bits per heavy atom. The van der Waals surface area contributed by atoms with Crippen molar-refractivity contribution in [1.29, 1.82) is 0 Å². The molecular weight excluding hydrogens is 196 g/mol. The molecule has 0 heterocycles. The van der Waals surface area contributed by atoms with Gasteiger partial charge < -0.3 is 0 Å². The van der Waals surface area contributed by atoms with Crippen LogP contribution in [-0.4, -0.2) is 5.78 Å². The van der Waals surface area contributed by atoms with Gasteiger partial charge in [0, 0.05) is 0 Å². The monoisotopic (exact) mass is 216 g/mol. The number of carbonyl (C=O) groups excluding carboxylic acids is 1. The summed E-state index contributed by atoms with van der Waals surface area (Å²) in [6.07, 6.45) is 13.6. The van der Waals surface area contributed by atoms with E-state index in [4.69, 9.17) is 0 Å². The quantitative estimate of drug-likeness (QED) is 0.481. The molecule has 0 saturated heterocycles. The molecule has 0 aliphatic heterocycles. The van der Waals surface area contributed by atoms with Crippen LogP contribution in [0, 0.1) is 0 Å². The maximum Gasteiger partial charge on any atom is 0.181 e. The Labute approximate surface area is 98.6 Å². The Balaban J connectivity index is 4.33. The van der Waals surface area contributed by atoms with Crippen molar-refractivity contribution in [1.82, 2.24) is 0 Å². The largest absolute Gasteiger partial charge is 0.290 e. The highest BCUT2D eigenvalue weighted by Crippen LogP contribution is 2.02. The summed E-state index contributed by atoms with van der Waals surface area (Å²) in [5.74, 6) is 0.0632. The molecule has 0 amide bonds. The van der Waals surface area contributed by atoms with Crippen LogP contribution in [-0.2, 0) is 4.79 Å². The third-order valence-corrected chi connectivity index (χ3v) is 2.17. The van der Waals surface area contributed by atoms with E-state index < -0.39 is 0 Å². The lowest BCUT2D eigenvalue weighted by Crippen LogP contribution is -1.93. The van der Waals surface area contributed by atoms with Gasteiger partial charge in [-0.25, -0.2) is 0 Å². The van der Waals surface area contributed by atoms with Crippen molar-refractivity contribution in [3.8, 4) is 0 Å². The number of hydrogen-bond acceptors (Lipinski definition) is 1. The maximum atomic E-state index is 11.6. The van der Waals surface area contributed by atoms with Crippen molar-refractivity contribution < 1.29 is 4.79 Å². The normalized spacial score (nSPS) is 13.7. The summed E-state index contributed by atoms with van der Waals surface area (Å²) in [5.41, 5.74) is 1.86. The molecule has 0 aromatic heterocycles. The van der Waals surface area contributed by atoms with Gasteiger partial charge >= 0.3 is 0 Å². The van der Waals surface area contributed by atoms with Crippen LogP contribution >= 0.6 is 0 Å². The van der Waals surface area contributed by atoms with Crippen LogP contribution in [0.1, 0.15) is 27.2 Å². The predicted molar refractivity (Wildman–Crippen MR) is 71.3 cm³/mol. The Morgan fingerprint density at radius 1 is 1.25 bits per heavy atom. The van der Waals surface area contributed by atoms with E-state index >= 15 is 0 Å². The van der Waals surface area contributed by atoms with Crippen molar-refractivity contribution in [3.63, 3.8) is 0 Å². The zero-order chi connectivity index (χ0) is 12.4. The summed E-state index contributed by atoms with van der Waals surface area (Å²) < 4.78 is 0. The van der Waals surface area contributed by atoms with E-state index in [0.29, 0.717) is 0 Å². The van der Waals surface area contributed by atoms with Crippen molar-refractivity contribution in [3.05, 3.63) is 60.3 Å². The average Bonchev–Trinajstić information content (AvgIpc) is 2.30. The van der Waals surface area contributed by atoms with E-state index in [0.717, 1.165) is 17.6 Å². The van der Waals surface area contributed by atoms with Gasteiger partial charge in [-0.3, -0.25) is 4.79 Å². The average molecular weight is 216 g/mol. The molecule has 16 heavy (non-hydrogen) atoms. The van der Waals surface area contributed by atoms with E-state index in [2.05, 4.69) is 6.58 Å². The highest BCUT2D eigenvalue weighted by atomic mass is 16.1. The highest BCUT2D eigenvalue weighted by molar-refractivity contribution is 6.03. The van der Waals surface area contributed by atoms with Gasteiger partial charge in [-0.05, 0) is 38.8 Å². The van der Waals surface area contributed by atoms with Crippen LogP contribution in [0.4, 0.5) is 0 Å². The fourth-order valence-electron chi connectivity index (χ4n) is 0.955. The molecule has 86 valence electrons. The van der Waals surface area contributed by atoms with E-state index in [9.17, 15) is 4.79 Å². The molecule has 0 radical (unpaired) electrons. The summed E-state index contributed by atoms with van der Waals surface area (Å²) in [4.78, 5) is 11.6. The molecule has 0 aliphatic rings. The molecule has 1 nitrogen and oxygen atoms in total. The summed E-state index contributed by atoms with van der Waals surface area (Å²) in [6, 6.07) is 0. The van der Waals surface area contributed by atoms with Crippen molar-refractivity contribution >= 4 is 5.78 Å². The minimum Gasteiger partial charge on any atom is -0.290 e. The fraction of sp³-hybridized carbons (Fsp3) is 0.267. The molecule has 1 heteroatoms. The standard InChI is InChI=1S/C15H20O/c1-5-7-8-9-10-14(4)15(16)12-11-13(3)6-2/h5-8,10-12H,1,9H2,2-4H3/b8-7?,12-11+,13-6+,14-10+. The van der Waals surface area contributed by atoms with Gasteiger partial charge in [0.05, 0.1) is 0 Å². The van der Waals surface area contributed by atoms with Crippen LogP contribution < -0.4 is 0 Å². The number of hydrogen-bond donors (Lipinski definition) is 0. The first-order valence-corrected chi connectivity index (χ1v) is 5.41. The summed E-state index contributed by atoms with van der Waals surface area (Å²) in [6.45, 7) is 9.33. The number of ketones is 1. The molecule has 0 aliphatic carbocycles. The molecule has 0 atom stereocenters. The molecule has 0 fully saturated rings. The topological polar surface area (TPSA) is 17.1 Å². The molecule has 0 N–H and O–H groups in total. The minimum atomic E-state index is 0.0632. The van der Waals surface area contributed by atoms with Gasteiger partial charge in [0.2, 0.25) is 0 Å². The maximum absolute atomic E-state index is 11.6. The molecular formula is C15H20O. The van der Waals surface area contributed by atoms with Gasteiger partial charge in [-0.15, -0.1) is 0 Å². The number of carbonyl (C=O) groups is 1. The van der Waals surface area contributed by atoms with Crippen molar-refractivity contribution in [2.45, 2.75) is 27.2 Å². The number of rotatable bonds is 6. The second-order valence-corrected chi connectivity index (χ2v) is 3.52. The first-order valence-electron chi connectivity index (χ1n) is 5.41. The molecule has 0 aromatic carbocycles. The van der Waals surface area contributed by atoms with Crippen molar-refractivity contribution in [2.24, 2.45) is 0 Å². The zero-order valence-electron chi connectivity index (χ0n) is 10.4. The Kier molecular flexibility index (Phi) is 7.78.